The third kappa shape index (κ3) is 5.72. The van der Waals surface area contributed by atoms with Gasteiger partial charge in [0.15, 0.2) is 0 Å². The van der Waals surface area contributed by atoms with Crippen molar-refractivity contribution in [1.29, 1.82) is 0 Å². The van der Waals surface area contributed by atoms with Gasteiger partial charge in [-0.05, 0) is 30.4 Å². The van der Waals surface area contributed by atoms with Crippen LogP contribution in [-0.2, 0) is 27.2 Å². The predicted octanol–water partition coefficient (Wildman–Crippen LogP) is 0.598. The Morgan fingerprint density at radius 1 is 1.35 bits per heavy atom. The molecular formula is C18H26N4O4. The van der Waals surface area contributed by atoms with Crippen LogP contribution in [0.2, 0.25) is 0 Å². The molecule has 26 heavy (non-hydrogen) atoms. The van der Waals surface area contributed by atoms with Crippen LogP contribution in [-0.4, -0.2) is 52.4 Å². The zero-order valence-electron chi connectivity index (χ0n) is 15.0. The van der Waals surface area contributed by atoms with E-state index in [9.17, 15) is 14.4 Å². The first-order chi connectivity index (χ1) is 12.4. The molecule has 1 fully saturated rings. The number of carboxylic acid groups (broad SMARTS) is 1. The number of carboxylic acids is 1. The highest BCUT2D eigenvalue weighted by Gasteiger charge is 2.31. The summed E-state index contributed by atoms with van der Waals surface area (Å²) in [5.41, 5.74) is 7.96. The van der Waals surface area contributed by atoms with Crippen molar-refractivity contribution in [3.05, 3.63) is 23.4 Å². The van der Waals surface area contributed by atoms with Gasteiger partial charge in [-0.3, -0.25) is 14.4 Å². The van der Waals surface area contributed by atoms with Gasteiger partial charge in [0.1, 0.15) is 12.2 Å². The maximum Gasteiger partial charge on any atom is 0.305 e. The number of rotatable bonds is 9. The van der Waals surface area contributed by atoms with Crippen LogP contribution in [0.4, 0.5) is 5.82 Å². The lowest BCUT2D eigenvalue weighted by Gasteiger charge is -2.39. The molecular weight excluding hydrogens is 336 g/mol. The third-order valence-electron chi connectivity index (χ3n) is 4.37. The smallest absolute Gasteiger partial charge is 0.305 e. The molecule has 0 atom stereocenters. The quantitative estimate of drug-likeness (QED) is 0.552. The summed E-state index contributed by atoms with van der Waals surface area (Å²) in [4.78, 5) is 40.1. The molecule has 2 rings (SSSR count). The number of anilines is 1. The Kier molecular flexibility index (Phi) is 6.94. The summed E-state index contributed by atoms with van der Waals surface area (Å²) < 4.78 is 0. The van der Waals surface area contributed by atoms with Crippen molar-refractivity contribution in [3.8, 4) is 0 Å². The zero-order valence-corrected chi connectivity index (χ0v) is 15.0. The first-order valence-corrected chi connectivity index (χ1v) is 8.89. The molecule has 1 aromatic heterocycles. The van der Waals surface area contributed by atoms with Crippen molar-refractivity contribution in [2.75, 3.05) is 25.4 Å². The molecule has 142 valence electrons. The van der Waals surface area contributed by atoms with Gasteiger partial charge in [0.25, 0.3) is 0 Å². The second-order valence-corrected chi connectivity index (χ2v) is 6.64. The average Bonchev–Trinajstić information content (AvgIpc) is 2.52. The lowest BCUT2D eigenvalue weighted by Crippen LogP contribution is -2.51. The molecule has 0 aliphatic carbocycles. The Bertz CT molecular complexity index is 671. The first kappa shape index (κ1) is 19.7. The van der Waals surface area contributed by atoms with Gasteiger partial charge in [0.2, 0.25) is 11.8 Å². The fourth-order valence-electron chi connectivity index (χ4n) is 2.96. The summed E-state index contributed by atoms with van der Waals surface area (Å²) in [6, 6.07) is 4.01. The summed E-state index contributed by atoms with van der Waals surface area (Å²) in [5, 5.41) is 10.9. The van der Waals surface area contributed by atoms with Crippen LogP contribution in [0, 0.1) is 5.92 Å². The maximum atomic E-state index is 12.0. The number of nitrogens with zero attached hydrogens (tertiary/aromatic N) is 2. The lowest BCUT2D eigenvalue weighted by molar-refractivity contribution is -0.141. The summed E-state index contributed by atoms with van der Waals surface area (Å²) in [6.45, 7) is 3.32. The number of aliphatic carboxylic acids is 1. The van der Waals surface area contributed by atoms with Crippen LogP contribution in [0.5, 0.6) is 0 Å². The molecule has 1 aliphatic heterocycles. The Balaban J connectivity index is 1.71. The van der Waals surface area contributed by atoms with E-state index in [1.807, 2.05) is 12.1 Å². The van der Waals surface area contributed by atoms with Crippen molar-refractivity contribution < 1.29 is 19.5 Å². The van der Waals surface area contributed by atoms with Crippen LogP contribution in [0.1, 0.15) is 37.4 Å². The number of pyridine rings is 1. The molecule has 0 saturated carbocycles. The van der Waals surface area contributed by atoms with E-state index >= 15 is 0 Å². The molecule has 0 spiro atoms. The number of nitrogens with two attached hydrogens (primary N) is 1. The fraction of sp³-hybridized carbons (Fsp3) is 0.556. The van der Waals surface area contributed by atoms with Crippen molar-refractivity contribution in [2.24, 2.45) is 5.92 Å². The van der Waals surface area contributed by atoms with E-state index in [2.05, 4.69) is 17.2 Å². The predicted molar refractivity (Wildman–Crippen MR) is 96.3 cm³/mol. The number of likely N-dealkylation sites (tertiary alicyclic amines) is 1. The summed E-state index contributed by atoms with van der Waals surface area (Å²) in [6.07, 6.45) is 2.29. The first-order valence-electron chi connectivity index (χ1n) is 8.89. The fourth-order valence-corrected chi connectivity index (χ4v) is 2.96. The van der Waals surface area contributed by atoms with Crippen LogP contribution in [0.25, 0.3) is 0 Å². The molecule has 2 amide bonds. The van der Waals surface area contributed by atoms with Gasteiger partial charge >= 0.3 is 5.97 Å². The summed E-state index contributed by atoms with van der Waals surface area (Å²) in [5.74, 6) is -0.771. The zero-order chi connectivity index (χ0) is 19.1. The Hall–Kier alpha value is -2.64. The SMILES string of the molecule is CCCc1ccc(CC2CN(C(=O)CC(=O)NCCC(=O)O)C2)nc1N. The van der Waals surface area contributed by atoms with Gasteiger partial charge < -0.3 is 21.1 Å². The van der Waals surface area contributed by atoms with E-state index < -0.39 is 11.9 Å². The Morgan fingerprint density at radius 2 is 2.08 bits per heavy atom. The van der Waals surface area contributed by atoms with Crippen LogP contribution >= 0.6 is 0 Å². The largest absolute Gasteiger partial charge is 0.481 e. The lowest BCUT2D eigenvalue weighted by atomic mass is 9.93. The van der Waals surface area contributed by atoms with Crippen LogP contribution in [0.3, 0.4) is 0 Å². The second kappa shape index (κ2) is 9.17. The van der Waals surface area contributed by atoms with E-state index in [0.717, 1.165) is 30.5 Å². The van der Waals surface area contributed by atoms with Gasteiger partial charge in [-0.15, -0.1) is 0 Å². The molecule has 0 bridgehead atoms. The van der Waals surface area contributed by atoms with E-state index in [0.29, 0.717) is 24.8 Å². The number of aryl methyl sites for hydroxylation is 1. The highest BCUT2D eigenvalue weighted by Crippen LogP contribution is 2.22. The van der Waals surface area contributed by atoms with E-state index in [1.165, 1.54) is 0 Å². The second-order valence-electron chi connectivity index (χ2n) is 6.64. The number of carbonyl (C=O) groups is 3. The van der Waals surface area contributed by atoms with Crippen molar-refractivity contribution in [2.45, 2.75) is 39.0 Å². The molecule has 2 heterocycles. The molecule has 0 aromatic carbocycles. The van der Waals surface area contributed by atoms with E-state index in [1.54, 1.807) is 4.90 Å². The van der Waals surface area contributed by atoms with Crippen LogP contribution in [0.15, 0.2) is 12.1 Å². The van der Waals surface area contributed by atoms with Crippen molar-refractivity contribution in [3.63, 3.8) is 0 Å². The van der Waals surface area contributed by atoms with E-state index in [-0.39, 0.29) is 25.3 Å². The minimum absolute atomic E-state index is 0.0329. The van der Waals surface area contributed by atoms with Crippen molar-refractivity contribution >= 4 is 23.6 Å². The minimum atomic E-state index is -0.987. The Morgan fingerprint density at radius 3 is 2.69 bits per heavy atom. The highest BCUT2D eigenvalue weighted by molar-refractivity contribution is 5.97. The minimum Gasteiger partial charge on any atom is -0.481 e. The van der Waals surface area contributed by atoms with Gasteiger partial charge in [-0.25, -0.2) is 4.98 Å². The van der Waals surface area contributed by atoms with E-state index in [4.69, 9.17) is 10.8 Å². The molecule has 1 aliphatic rings. The Labute approximate surface area is 152 Å². The average molecular weight is 362 g/mol. The van der Waals surface area contributed by atoms with Crippen LogP contribution < -0.4 is 11.1 Å². The van der Waals surface area contributed by atoms with Gasteiger partial charge in [0.05, 0.1) is 6.42 Å². The van der Waals surface area contributed by atoms with Gasteiger partial charge in [0, 0.05) is 25.3 Å². The highest BCUT2D eigenvalue weighted by atomic mass is 16.4. The number of amides is 2. The number of nitrogen functional groups attached to an aromatic ring is 1. The standard InChI is InChI=1S/C18H26N4O4/c1-2-3-13-4-5-14(21-18(13)19)8-12-10-22(11-12)16(24)9-15(23)20-7-6-17(25)26/h4-5,12H,2-3,6-11H2,1H3,(H2,19,21)(H,20,23)(H,25,26). The molecule has 0 radical (unpaired) electrons. The van der Waals surface area contributed by atoms with Gasteiger partial charge in [-0.2, -0.15) is 0 Å². The number of hydrogen-bond acceptors (Lipinski definition) is 5. The summed E-state index contributed by atoms with van der Waals surface area (Å²) >= 11 is 0. The number of carbonyl (C=O) groups excluding carboxylic acids is 2. The molecule has 1 saturated heterocycles. The van der Waals surface area contributed by atoms with Gasteiger partial charge in [-0.1, -0.05) is 19.4 Å². The topological polar surface area (TPSA) is 126 Å². The number of nitrogens with one attached hydrogen (secondary N) is 1. The molecule has 8 heteroatoms. The van der Waals surface area contributed by atoms with Crippen molar-refractivity contribution in [1.82, 2.24) is 15.2 Å². The third-order valence-corrected chi connectivity index (χ3v) is 4.37. The molecule has 4 N–H and O–H groups in total. The molecule has 0 unspecified atom stereocenters. The number of hydrogen-bond donors (Lipinski definition) is 3. The normalized spacial score (nSPS) is 14.0. The molecule has 1 aromatic rings. The summed E-state index contributed by atoms with van der Waals surface area (Å²) in [7, 11) is 0. The molecule has 8 nitrogen and oxygen atoms in total. The number of aromatic nitrogens is 1. The monoisotopic (exact) mass is 362 g/mol. The maximum absolute atomic E-state index is 12.0.